The SMILES string of the molecule is COc1cccc(CC(=O)[As]c2ccc3sc(C(=O)NO)cc3c2)c1. The van der Waals surface area contributed by atoms with Crippen LogP contribution in [0, 0.1) is 0 Å². The molecule has 127 valence electrons. The van der Waals surface area contributed by atoms with Crippen molar-refractivity contribution in [2.45, 2.75) is 6.42 Å². The van der Waals surface area contributed by atoms with E-state index >= 15 is 0 Å². The maximum atomic E-state index is 12.4. The molecule has 0 aliphatic rings. The third-order valence-corrected chi connectivity index (χ3v) is 6.66. The van der Waals surface area contributed by atoms with Gasteiger partial charge in [-0.2, -0.15) is 0 Å². The second-order valence-electron chi connectivity index (χ2n) is 5.31. The molecule has 3 rings (SSSR count). The number of methoxy groups -OCH3 is 1. The summed E-state index contributed by atoms with van der Waals surface area (Å²) in [6, 6.07) is 15.0. The Hall–Kier alpha value is -2.14. The van der Waals surface area contributed by atoms with E-state index in [2.05, 4.69) is 0 Å². The van der Waals surface area contributed by atoms with Crippen LogP contribution in [0.3, 0.4) is 0 Å². The van der Waals surface area contributed by atoms with Gasteiger partial charge < -0.3 is 0 Å². The topological polar surface area (TPSA) is 75.6 Å². The number of ether oxygens (including phenoxy) is 1. The van der Waals surface area contributed by atoms with Crippen molar-refractivity contribution in [3.05, 3.63) is 59.0 Å². The van der Waals surface area contributed by atoms with E-state index in [-0.39, 0.29) is 4.57 Å². The summed E-state index contributed by atoms with van der Waals surface area (Å²) in [5, 5.41) is 9.63. The van der Waals surface area contributed by atoms with Gasteiger partial charge in [-0.3, -0.25) is 0 Å². The van der Waals surface area contributed by atoms with Crippen molar-refractivity contribution in [2.75, 3.05) is 7.11 Å². The Labute approximate surface area is 155 Å². The Bertz CT molecular complexity index is 938. The predicted molar refractivity (Wildman–Crippen MR) is 98.2 cm³/mol. The van der Waals surface area contributed by atoms with Gasteiger partial charge in [-0.1, -0.05) is 0 Å². The van der Waals surface area contributed by atoms with Gasteiger partial charge >= 0.3 is 155 Å². The summed E-state index contributed by atoms with van der Waals surface area (Å²) in [6.45, 7) is 0. The Morgan fingerprint density at radius 3 is 2.80 bits per heavy atom. The Morgan fingerprint density at radius 1 is 1.20 bits per heavy atom. The molecule has 0 spiro atoms. The number of amides is 1. The average Bonchev–Trinajstić information content (AvgIpc) is 3.04. The minimum absolute atomic E-state index is 0.201. The number of carbonyl (C=O) groups is 2. The Morgan fingerprint density at radius 2 is 2.04 bits per heavy atom. The number of nitrogens with one attached hydrogen (secondary N) is 1. The molecule has 0 saturated heterocycles. The van der Waals surface area contributed by atoms with Crippen molar-refractivity contribution in [2.24, 2.45) is 0 Å². The van der Waals surface area contributed by atoms with Crippen molar-refractivity contribution in [3.63, 3.8) is 0 Å². The fraction of sp³-hybridized carbons (Fsp3) is 0.111. The van der Waals surface area contributed by atoms with Crippen molar-refractivity contribution in [1.29, 1.82) is 0 Å². The van der Waals surface area contributed by atoms with E-state index in [9.17, 15) is 9.59 Å². The van der Waals surface area contributed by atoms with Crippen LogP contribution in [0.1, 0.15) is 15.2 Å². The summed E-state index contributed by atoms with van der Waals surface area (Å²) in [5.41, 5.74) is 2.58. The van der Waals surface area contributed by atoms with E-state index in [4.69, 9.17) is 9.94 Å². The van der Waals surface area contributed by atoms with E-state index in [1.54, 1.807) is 18.7 Å². The van der Waals surface area contributed by atoms with Crippen LogP contribution in [0.2, 0.25) is 0 Å². The van der Waals surface area contributed by atoms with Crippen molar-refractivity contribution < 1.29 is 19.5 Å². The molecule has 0 atom stereocenters. The molecular weight excluding hydrogens is 401 g/mol. The molecule has 1 amide bonds. The average molecular weight is 416 g/mol. The van der Waals surface area contributed by atoms with Crippen molar-refractivity contribution in [1.82, 2.24) is 5.48 Å². The van der Waals surface area contributed by atoms with Crippen LogP contribution in [-0.2, 0) is 11.2 Å². The third kappa shape index (κ3) is 4.28. The first-order chi connectivity index (χ1) is 12.1. The first kappa shape index (κ1) is 17.7. The van der Waals surface area contributed by atoms with Gasteiger partial charge in [0.2, 0.25) is 0 Å². The zero-order valence-electron chi connectivity index (χ0n) is 13.4. The Kier molecular flexibility index (Phi) is 5.53. The van der Waals surface area contributed by atoms with Gasteiger partial charge in [-0.25, -0.2) is 0 Å². The summed E-state index contributed by atoms with van der Waals surface area (Å²) in [4.78, 5) is 24.3. The molecule has 1 heterocycles. The van der Waals surface area contributed by atoms with Crippen LogP contribution in [0.15, 0.2) is 48.5 Å². The maximum absolute atomic E-state index is 12.4. The molecule has 1 radical (unpaired) electrons. The number of thiophene rings is 1. The zero-order chi connectivity index (χ0) is 17.8. The van der Waals surface area contributed by atoms with Crippen LogP contribution in [-0.4, -0.2) is 38.5 Å². The van der Waals surface area contributed by atoms with Gasteiger partial charge in [0, 0.05) is 0 Å². The van der Waals surface area contributed by atoms with Crippen LogP contribution < -0.4 is 14.6 Å². The van der Waals surface area contributed by atoms with Crippen LogP contribution in [0.5, 0.6) is 5.75 Å². The number of fused-ring (bicyclic) bond motifs is 1. The minimum atomic E-state index is -0.622. The first-order valence-corrected chi connectivity index (χ1v) is 10.1. The Balaban J connectivity index is 1.73. The van der Waals surface area contributed by atoms with Gasteiger partial charge in [-0.05, 0) is 0 Å². The van der Waals surface area contributed by atoms with Gasteiger partial charge in [0.1, 0.15) is 0 Å². The van der Waals surface area contributed by atoms with E-state index < -0.39 is 21.7 Å². The van der Waals surface area contributed by atoms with Crippen LogP contribution in [0.4, 0.5) is 0 Å². The third-order valence-electron chi connectivity index (χ3n) is 3.57. The summed E-state index contributed by atoms with van der Waals surface area (Å²) in [6.07, 6.45) is 0.386. The van der Waals surface area contributed by atoms with E-state index in [0.717, 1.165) is 25.8 Å². The van der Waals surface area contributed by atoms with Gasteiger partial charge in [0.25, 0.3) is 0 Å². The molecular formula is C18H15AsNO4S. The number of hydrogen-bond acceptors (Lipinski definition) is 5. The van der Waals surface area contributed by atoms with Gasteiger partial charge in [-0.15, -0.1) is 0 Å². The van der Waals surface area contributed by atoms with Crippen molar-refractivity contribution in [3.8, 4) is 5.75 Å². The fourth-order valence-corrected chi connectivity index (χ4v) is 5.23. The number of carbonyl (C=O) groups excluding carboxylic acids is 2. The van der Waals surface area contributed by atoms with E-state index in [0.29, 0.717) is 11.3 Å². The molecule has 0 aliphatic carbocycles. The standard InChI is InChI=1S/C18H15AsNO4S/c1-24-14-4-2-3-11(7-14)8-17(21)19-13-5-6-15-12(9-13)10-16(25-15)18(22)20-23/h2-7,9-10,23H,8H2,1H3,(H,20,22). The predicted octanol–water partition coefficient (Wildman–Crippen LogP) is 2.13. The molecule has 0 fully saturated rings. The second-order valence-corrected chi connectivity index (χ2v) is 8.99. The van der Waals surface area contributed by atoms with Crippen LogP contribution in [0.25, 0.3) is 10.1 Å². The van der Waals surface area contributed by atoms with E-state index in [1.807, 2.05) is 42.5 Å². The summed E-state index contributed by atoms with van der Waals surface area (Å²) >= 11 is 0.681. The number of hydrogen-bond donors (Lipinski definition) is 2. The first-order valence-electron chi connectivity index (χ1n) is 7.44. The quantitative estimate of drug-likeness (QED) is 0.367. The van der Waals surface area contributed by atoms with Gasteiger partial charge in [0.15, 0.2) is 0 Å². The molecule has 1 aromatic heterocycles. The van der Waals surface area contributed by atoms with E-state index in [1.165, 1.54) is 11.3 Å². The summed E-state index contributed by atoms with van der Waals surface area (Å²) in [5.74, 6) is 0.223. The van der Waals surface area contributed by atoms with Crippen LogP contribution >= 0.6 is 11.3 Å². The van der Waals surface area contributed by atoms with Gasteiger partial charge in [0.05, 0.1) is 0 Å². The molecule has 2 aromatic carbocycles. The number of rotatable bonds is 6. The van der Waals surface area contributed by atoms with Crippen molar-refractivity contribution >= 4 is 52.0 Å². The fourth-order valence-electron chi connectivity index (χ4n) is 2.41. The molecule has 0 aliphatic heterocycles. The molecule has 25 heavy (non-hydrogen) atoms. The summed E-state index contributed by atoms with van der Waals surface area (Å²) < 4.78 is 7.32. The molecule has 5 nitrogen and oxygen atoms in total. The zero-order valence-corrected chi connectivity index (χ0v) is 16.0. The second kappa shape index (κ2) is 7.83. The molecule has 2 N–H and O–H groups in total. The number of benzene rings is 2. The molecule has 0 unspecified atom stereocenters. The molecule has 0 bridgehead atoms. The monoisotopic (exact) mass is 416 g/mol. The normalized spacial score (nSPS) is 11.1. The molecule has 0 saturated carbocycles. The molecule has 7 heteroatoms. The molecule has 3 aromatic rings. The summed E-state index contributed by atoms with van der Waals surface area (Å²) in [7, 11) is 1.61. The number of hydroxylamine groups is 1.